The van der Waals surface area contributed by atoms with Gasteiger partial charge in [0.1, 0.15) is 0 Å². The molecule has 0 saturated heterocycles. The number of aromatic nitrogens is 2. The second-order valence-electron chi connectivity index (χ2n) is 8.41. The first-order chi connectivity index (χ1) is 19.5. The zero-order chi connectivity index (χ0) is 28.3. The molecule has 40 heavy (non-hydrogen) atoms. The smallest absolute Gasteiger partial charge is 0.323 e. The fourth-order valence-corrected chi connectivity index (χ4v) is 4.42. The van der Waals surface area contributed by atoms with Crippen molar-refractivity contribution in [2.24, 2.45) is 0 Å². The van der Waals surface area contributed by atoms with Gasteiger partial charge in [0.15, 0.2) is 5.13 Å². The maximum absolute atomic E-state index is 12.8. The zero-order valence-corrected chi connectivity index (χ0v) is 23.3. The molecule has 0 aliphatic carbocycles. The van der Waals surface area contributed by atoms with Gasteiger partial charge in [-0.15, -0.1) is 11.3 Å². The molecule has 3 amide bonds. The minimum atomic E-state index is -0.353. The molecular weight excluding hydrogens is 520 g/mol. The lowest BCUT2D eigenvalue weighted by molar-refractivity contribution is 0.102. The van der Waals surface area contributed by atoms with E-state index < -0.39 is 0 Å². The van der Waals surface area contributed by atoms with Crippen LogP contribution in [0.4, 0.5) is 32.7 Å². The normalized spacial score (nSPS) is 10.1. The molecule has 0 fully saturated rings. The van der Waals surface area contributed by atoms with Crippen molar-refractivity contribution >= 4 is 51.2 Å². The number of nitrogens with zero attached hydrogens (tertiary/aromatic N) is 2. The van der Waals surface area contributed by atoms with Crippen LogP contribution in [0.25, 0.3) is 11.3 Å². The van der Waals surface area contributed by atoms with Crippen molar-refractivity contribution < 1.29 is 9.59 Å². The van der Waals surface area contributed by atoms with E-state index >= 15 is 0 Å². The lowest BCUT2D eigenvalue weighted by Gasteiger charge is -2.11. The van der Waals surface area contributed by atoms with Gasteiger partial charge < -0.3 is 21.3 Å². The van der Waals surface area contributed by atoms with Crippen LogP contribution < -0.4 is 21.3 Å². The van der Waals surface area contributed by atoms with Crippen LogP contribution in [0.1, 0.15) is 29.8 Å². The maximum atomic E-state index is 12.8. The van der Waals surface area contributed by atoms with E-state index in [1.165, 1.54) is 11.3 Å². The Bertz CT molecular complexity index is 1570. The molecule has 202 valence electrons. The second-order valence-corrected chi connectivity index (χ2v) is 9.27. The monoisotopic (exact) mass is 550 g/mol. The summed E-state index contributed by atoms with van der Waals surface area (Å²) in [6.07, 6.45) is 3.50. The molecule has 2 heterocycles. The molecule has 0 bridgehead atoms. The summed E-state index contributed by atoms with van der Waals surface area (Å²) in [5, 5.41) is 14.5. The van der Waals surface area contributed by atoms with Crippen LogP contribution in [0.2, 0.25) is 0 Å². The molecule has 5 rings (SSSR count). The van der Waals surface area contributed by atoms with Crippen LogP contribution in [0.15, 0.2) is 103 Å². The largest absolute Gasteiger partial charge is 0.331 e. The molecule has 0 unspecified atom stereocenters. The number of thiazole rings is 1. The Hall–Kier alpha value is -5.02. The third kappa shape index (κ3) is 7.52. The Morgan fingerprint density at radius 1 is 0.775 bits per heavy atom. The molecule has 8 nitrogen and oxygen atoms in total. The molecule has 0 atom stereocenters. The van der Waals surface area contributed by atoms with E-state index in [4.69, 9.17) is 0 Å². The number of rotatable bonds is 7. The number of benzene rings is 3. The van der Waals surface area contributed by atoms with Gasteiger partial charge in [-0.2, -0.15) is 0 Å². The summed E-state index contributed by atoms with van der Waals surface area (Å²) in [5.74, 6) is -0.258. The molecule has 0 radical (unpaired) electrons. The van der Waals surface area contributed by atoms with Gasteiger partial charge in [0.05, 0.1) is 5.69 Å². The number of pyridine rings is 1. The second kappa shape index (κ2) is 13.7. The Balaban J connectivity index is 0.00000181. The summed E-state index contributed by atoms with van der Waals surface area (Å²) < 4.78 is 0. The third-order valence-electron chi connectivity index (χ3n) is 5.63. The first-order valence-corrected chi connectivity index (χ1v) is 13.7. The van der Waals surface area contributed by atoms with E-state index in [1.807, 2.05) is 86.8 Å². The highest BCUT2D eigenvalue weighted by Crippen LogP contribution is 2.27. The highest BCUT2D eigenvalue weighted by Gasteiger charge is 2.10. The molecular formula is C31H30N6O2S. The van der Waals surface area contributed by atoms with Gasteiger partial charge in [0.2, 0.25) is 0 Å². The molecule has 0 spiro atoms. The van der Waals surface area contributed by atoms with Crippen molar-refractivity contribution in [1.82, 2.24) is 9.97 Å². The van der Waals surface area contributed by atoms with Gasteiger partial charge in [-0.3, -0.25) is 9.78 Å². The zero-order valence-electron chi connectivity index (χ0n) is 22.4. The van der Waals surface area contributed by atoms with Crippen molar-refractivity contribution in [2.75, 3.05) is 21.3 Å². The maximum Gasteiger partial charge on any atom is 0.323 e. The Morgan fingerprint density at radius 2 is 1.55 bits per heavy atom. The highest BCUT2D eigenvalue weighted by molar-refractivity contribution is 7.14. The van der Waals surface area contributed by atoms with Crippen molar-refractivity contribution in [3.63, 3.8) is 0 Å². The van der Waals surface area contributed by atoms with Crippen LogP contribution in [0, 0.1) is 6.92 Å². The van der Waals surface area contributed by atoms with Crippen molar-refractivity contribution in [3.8, 4) is 11.3 Å². The number of carbonyl (C=O) groups is 2. The first-order valence-electron chi connectivity index (χ1n) is 12.8. The number of amides is 3. The fraction of sp³-hybridized carbons (Fsp3) is 0.0968. The van der Waals surface area contributed by atoms with Crippen LogP contribution >= 0.6 is 11.3 Å². The average Bonchev–Trinajstić information content (AvgIpc) is 3.45. The van der Waals surface area contributed by atoms with E-state index in [9.17, 15) is 9.59 Å². The molecule has 3 aromatic carbocycles. The van der Waals surface area contributed by atoms with Gasteiger partial charge in [0.25, 0.3) is 5.91 Å². The Morgan fingerprint density at radius 3 is 2.30 bits per heavy atom. The predicted molar refractivity (Wildman–Crippen MR) is 165 cm³/mol. The van der Waals surface area contributed by atoms with Crippen molar-refractivity contribution in [3.05, 3.63) is 114 Å². The Kier molecular flexibility index (Phi) is 9.58. The molecule has 9 heteroatoms. The number of hydrogen-bond acceptors (Lipinski definition) is 6. The van der Waals surface area contributed by atoms with Gasteiger partial charge in [-0.05, 0) is 73.2 Å². The minimum absolute atomic E-state index is 0.258. The summed E-state index contributed by atoms with van der Waals surface area (Å²) in [7, 11) is 0. The SMILES string of the molecule is CC.Cc1ccccc1NC(=O)Nc1ccc(C(=O)Nc2cccc(Nc3nc(-c4cccnc4)cs3)c2)cc1. The minimum Gasteiger partial charge on any atom is -0.331 e. The number of anilines is 5. The number of carbonyl (C=O) groups excluding carboxylic acids is 2. The standard InChI is InChI=1S/C29H24N6O2S.C2H6/c1-19-6-2-3-10-25(19)34-28(37)32-22-13-11-20(12-14-22)27(36)31-23-8-4-9-24(16-23)33-29-35-26(18-38-29)21-7-5-15-30-17-21;1-2/h2-18H,1H3,(H,31,36)(H,33,35)(H2,32,34,37);1-2H3. The fourth-order valence-electron chi connectivity index (χ4n) is 3.68. The molecule has 0 aliphatic rings. The summed E-state index contributed by atoms with van der Waals surface area (Å²) >= 11 is 1.49. The molecule has 5 aromatic rings. The van der Waals surface area contributed by atoms with Crippen LogP contribution in [0.3, 0.4) is 0 Å². The van der Waals surface area contributed by atoms with Crippen LogP contribution in [-0.2, 0) is 0 Å². The van der Waals surface area contributed by atoms with E-state index in [2.05, 4.69) is 31.2 Å². The van der Waals surface area contributed by atoms with Crippen molar-refractivity contribution in [2.45, 2.75) is 20.8 Å². The van der Waals surface area contributed by atoms with Gasteiger partial charge >= 0.3 is 6.03 Å². The quantitative estimate of drug-likeness (QED) is 0.163. The number of hydrogen-bond donors (Lipinski definition) is 4. The first kappa shape index (κ1) is 28.0. The van der Waals surface area contributed by atoms with E-state index in [0.717, 1.165) is 33.3 Å². The Labute approximate surface area is 237 Å². The van der Waals surface area contributed by atoms with Gasteiger partial charge in [-0.25, -0.2) is 9.78 Å². The number of aryl methyl sites for hydroxylation is 1. The van der Waals surface area contributed by atoms with Gasteiger partial charge in [0, 0.05) is 51.7 Å². The van der Waals surface area contributed by atoms with Crippen molar-refractivity contribution in [1.29, 1.82) is 0 Å². The van der Waals surface area contributed by atoms with Crippen LogP contribution in [-0.4, -0.2) is 21.9 Å². The number of urea groups is 1. The molecule has 2 aromatic heterocycles. The summed E-state index contributed by atoms with van der Waals surface area (Å²) in [6, 6.07) is 25.1. The molecule has 4 N–H and O–H groups in total. The number of nitrogens with one attached hydrogen (secondary N) is 4. The lowest BCUT2D eigenvalue weighted by atomic mass is 10.2. The molecule has 0 aliphatic heterocycles. The topological polar surface area (TPSA) is 108 Å². The number of para-hydroxylation sites is 1. The van der Waals surface area contributed by atoms with Gasteiger partial charge in [-0.1, -0.05) is 38.1 Å². The average molecular weight is 551 g/mol. The molecule has 0 saturated carbocycles. The van der Waals surface area contributed by atoms with E-state index in [-0.39, 0.29) is 11.9 Å². The highest BCUT2D eigenvalue weighted by atomic mass is 32.1. The lowest BCUT2D eigenvalue weighted by Crippen LogP contribution is -2.20. The van der Waals surface area contributed by atoms with E-state index in [0.29, 0.717) is 16.9 Å². The van der Waals surface area contributed by atoms with Crippen LogP contribution in [0.5, 0.6) is 0 Å². The summed E-state index contributed by atoms with van der Waals surface area (Å²) in [5.41, 5.74) is 5.99. The summed E-state index contributed by atoms with van der Waals surface area (Å²) in [6.45, 7) is 5.92. The van der Waals surface area contributed by atoms with E-state index in [1.54, 1.807) is 36.7 Å². The predicted octanol–water partition coefficient (Wildman–Crippen LogP) is 8.18. The summed E-state index contributed by atoms with van der Waals surface area (Å²) in [4.78, 5) is 33.9. The third-order valence-corrected chi connectivity index (χ3v) is 6.39.